The smallest absolute Gasteiger partial charge is 0.341 e. The number of carbonyl (C=O) groups is 1. The first-order valence-electron chi connectivity index (χ1n) is 6.99. The molecular formula is C15H14N4O3S. The van der Waals surface area contributed by atoms with Crippen LogP contribution < -0.4 is 0 Å². The van der Waals surface area contributed by atoms with E-state index in [9.17, 15) is 4.79 Å². The minimum absolute atomic E-state index is 0.322. The third-order valence-corrected chi connectivity index (χ3v) is 3.93. The van der Waals surface area contributed by atoms with Crippen LogP contribution in [0.15, 0.2) is 52.2 Å². The molecule has 0 bridgehead atoms. The fraction of sp³-hybridized carbons (Fsp3) is 0.200. The topological polar surface area (TPSA) is 83.0 Å². The molecule has 3 aromatic rings. The number of ether oxygens (including phenoxy) is 1. The van der Waals surface area contributed by atoms with E-state index in [1.54, 1.807) is 17.7 Å². The number of para-hydroxylation sites is 1. The predicted molar refractivity (Wildman–Crippen MR) is 83.4 cm³/mol. The molecule has 0 radical (unpaired) electrons. The quantitative estimate of drug-likeness (QED) is 0.507. The van der Waals surface area contributed by atoms with Gasteiger partial charge in [0.2, 0.25) is 5.16 Å². The average molecular weight is 330 g/mol. The molecule has 23 heavy (non-hydrogen) atoms. The number of furan rings is 1. The highest BCUT2D eigenvalue weighted by Gasteiger charge is 2.17. The molecule has 0 amide bonds. The monoisotopic (exact) mass is 330 g/mol. The second-order valence-corrected chi connectivity index (χ2v) is 5.42. The lowest BCUT2D eigenvalue weighted by atomic mass is 10.3. The SMILES string of the molecule is CCOC(=O)c1ccoc1CSc1nnnn1-c1ccccc1. The van der Waals surface area contributed by atoms with Crippen LogP contribution >= 0.6 is 11.8 Å². The van der Waals surface area contributed by atoms with E-state index in [4.69, 9.17) is 9.15 Å². The Morgan fingerprint density at radius 1 is 1.30 bits per heavy atom. The first-order valence-corrected chi connectivity index (χ1v) is 7.98. The maximum Gasteiger partial charge on any atom is 0.341 e. The summed E-state index contributed by atoms with van der Waals surface area (Å²) < 4.78 is 12.0. The molecule has 0 aliphatic carbocycles. The molecular weight excluding hydrogens is 316 g/mol. The molecule has 7 nitrogen and oxygen atoms in total. The summed E-state index contributed by atoms with van der Waals surface area (Å²) in [5.74, 6) is 0.574. The molecule has 0 N–H and O–H groups in total. The van der Waals surface area contributed by atoms with Crippen molar-refractivity contribution in [1.29, 1.82) is 0 Å². The van der Waals surface area contributed by atoms with E-state index in [-0.39, 0.29) is 5.97 Å². The number of benzene rings is 1. The zero-order valence-electron chi connectivity index (χ0n) is 12.4. The Kier molecular flexibility index (Phi) is 4.72. The van der Waals surface area contributed by atoms with Crippen LogP contribution in [-0.2, 0) is 10.5 Å². The minimum atomic E-state index is -0.389. The molecule has 0 aliphatic rings. The summed E-state index contributed by atoms with van der Waals surface area (Å²) in [7, 11) is 0. The van der Waals surface area contributed by atoms with E-state index < -0.39 is 0 Å². The molecule has 2 heterocycles. The molecule has 0 saturated heterocycles. The number of nitrogens with zero attached hydrogens (tertiary/aromatic N) is 4. The van der Waals surface area contributed by atoms with Crippen molar-refractivity contribution in [3.8, 4) is 5.69 Å². The highest BCUT2D eigenvalue weighted by atomic mass is 32.2. The molecule has 0 saturated carbocycles. The van der Waals surface area contributed by atoms with Gasteiger partial charge in [0.15, 0.2) is 0 Å². The standard InChI is InChI=1S/C15H14N4O3S/c1-2-21-14(20)12-8-9-22-13(12)10-23-15-16-17-18-19(15)11-6-4-3-5-7-11/h3-9H,2,10H2,1H3. The second kappa shape index (κ2) is 7.10. The number of rotatable bonds is 6. The summed E-state index contributed by atoms with van der Waals surface area (Å²) in [4.78, 5) is 11.8. The zero-order valence-corrected chi connectivity index (χ0v) is 13.2. The number of hydrogen-bond acceptors (Lipinski definition) is 7. The van der Waals surface area contributed by atoms with Gasteiger partial charge in [-0.25, -0.2) is 4.79 Å². The molecule has 0 unspecified atom stereocenters. The third-order valence-electron chi connectivity index (χ3n) is 3.01. The molecule has 0 aliphatic heterocycles. The number of esters is 1. The van der Waals surface area contributed by atoms with Gasteiger partial charge >= 0.3 is 5.97 Å². The van der Waals surface area contributed by atoms with Crippen LogP contribution in [0, 0.1) is 0 Å². The molecule has 8 heteroatoms. The fourth-order valence-corrected chi connectivity index (χ4v) is 2.82. The predicted octanol–water partition coefficient (Wildman–Crippen LogP) is 2.72. The Labute approximate surface area is 136 Å². The number of thioether (sulfide) groups is 1. The summed E-state index contributed by atoms with van der Waals surface area (Å²) >= 11 is 1.38. The Balaban J connectivity index is 1.75. The number of hydrogen-bond donors (Lipinski definition) is 0. The van der Waals surface area contributed by atoms with Crippen LogP contribution in [0.25, 0.3) is 5.69 Å². The van der Waals surface area contributed by atoms with Crippen LogP contribution in [0.3, 0.4) is 0 Å². The Morgan fingerprint density at radius 2 is 2.13 bits per heavy atom. The Morgan fingerprint density at radius 3 is 2.91 bits per heavy atom. The molecule has 0 fully saturated rings. The summed E-state index contributed by atoms with van der Waals surface area (Å²) in [5.41, 5.74) is 1.29. The van der Waals surface area contributed by atoms with E-state index in [0.29, 0.717) is 28.8 Å². The van der Waals surface area contributed by atoms with Crippen LogP contribution in [0.1, 0.15) is 23.0 Å². The zero-order chi connectivity index (χ0) is 16.1. The summed E-state index contributed by atoms with van der Waals surface area (Å²) in [6.45, 7) is 2.09. The van der Waals surface area contributed by atoms with E-state index in [1.807, 2.05) is 30.3 Å². The van der Waals surface area contributed by atoms with Crippen molar-refractivity contribution in [2.45, 2.75) is 17.8 Å². The van der Waals surface area contributed by atoms with Crippen LogP contribution in [0.2, 0.25) is 0 Å². The first-order chi connectivity index (χ1) is 11.3. The second-order valence-electron chi connectivity index (χ2n) is 4.48. The van der Waals surface area contributed by atoms with Gasteiger partial charge in [-0.2, -0.15) is 4.68 Å². The highest BCUT2D eigenvalue weighted by molar-refractivity contribution is 7.98. The lowest BCUT2D eigenvalue weighted by molar-refractivity contribution is 0.0524. The van der Waals surface area contributed by atoms with Crippen LogP contribution in [-0.4, -0.2) is 32.8 Å². The van der Waals surface area contributed by atoms with E-state index in [1.165, 1.54) is 18.0 Å². The lowest BCUT2D eigenvalue weighted by Crippen LogP contribution is -2.05. The lowest BCUT2D eigenvalue weighted by Gasteiger charge is -2.04. The highest BCUT2D eigenvalue weighted by Crippen LogP contribution is 2.25. The Bertz CT molecular complexity index is 785. The van der Waals surface area contributed by atoms with E-state index in [0.717, 1.165) is 5.69 Å². The van der Waals surface area contributed by atoms with Gasteiger partial charge < -0.3 is 9.15 Å². The van der Waals surface area contributed by atoms with Gasteiger partial charge in [0.05, 0.1) is 24.3 Å². The third kappa shape index (κ3) is 3.42. The van der Waals surface area contributed by atoms with Crippen LogP contribution in [0.4, 0.5) is 0 Å². The maximum absolute atomic E-state index is 11.8. The minimum Gasteiger partial charge on any atom is -0.468 e. The summed E-state index contributed by atoms with van der Waals surface area (Å²) in [6.07, 6.45) is 1.47. The van der Waals surface area contributed by atoms with Gasteiger partial charge in [0.25, 0.3) is 0 Å². The van der Waals surface area contributed by atoms with Crippen molar-refractivity contribution in [1.82, 2.24) is 20.2 Å². The number of aromatic nitrogens is 4. The van der Waals surface area contributed by atoms with Crippen molar-refractivity contribution in [2.24, 2.45) is 0 Å². The van der Waals surface area contributed by atoms with Crippen molar-refractivity contribution in [2.75, 3.05) is 6.61 Å². The van der Waals surface area contributed by atoms with Crippen molar-refractivity contribution < 1.29 is 13.9 Å². The molecule has 2 aromatic heterocycles. The maximum atomic E-state index is 11.8. The van der Waals surface area contributed by atoms with Crippen molar-refractivity contribution in [3.63, 3.8) is 0 Å². The molecule has 3 rings (SSSR count). The normalized spacial score (nSPS) is 10.7. The molecule has 1 aromatic carbocycles. The summed E-state index contributed by atoms with van der Waals surface area (Å²) in [5, 5.41) is 12.3. The first kappa shape index (κ1) is 15.3. The van der Waals surface area contributed by atoms with Crippen LogP contribution in [0.5, 0.6) is 0 Å². The van der Waals surface area contributed by atoms with Gasteiger partial charge in [0.1, 0.15) is 11.3 Å². The Hall–Kier alpha value is -2.61. The van der Waals surface area contributed by atoms with Gasteiger partial charge in [-0.05, 0) is 35.5 Å². The summed E-state index contributed by atoms with van der Waals surface area (Å²) in [6, 6.07) is 11.2. The van der Waals surface area contributed by atoms with E-state index >= 15 is 0 Å². The molecule has 0 spiro atoms. The van der Waals surface area contributed by atoms with Gasteiger partial charge in [-0.15, -0.1) is 5.10 Å². The van der Waals surface area contributed by atoms with E-state index in [2.05, 4.69) is 15.5 Å². The molecule has 0 atom stereocenters. The number of tetrazole rings is 1. The fourth-order valence-electron chi connectivity index (χ4n) is 1.97. The molecule has 118 valence electrons. The number of carbonyl (C=O) groups excluding carboxylic acids is 1. The van der Waals surface area contributed by atoms with Gasteiger partial charge in [-0.3, -0.25) is 0 Å². The largest absolute Gasteiger partial charge is 0.468 e. The van der Waals surface area contributed by atoms with Gasteiger partial charge in [-0.1, -0.05) is 30.0 Å². The van der Waals surface area contributed by atoms with Crippen molar-refractivity contribution >= 4 is 17.7 Å². The van der Waals surface area contributed by atoms with Crippen molar-refractivity contribution in [3.05, 3.63) is 54.0 Å². The average Bonchev–Trinajstić information content (AvgIpc) is 3.23. The van der Waals surface area contributed by atoms with Gasteiger partial charge in [0, 0.05) is 0 Å².